The zero-order valence-corrected chi connectivity index (χ0v) is 11.4. The van der Waals surface area contributed by atoms with E-state index in [4.69, 9.17) is 15.3 Å². The van der Waals surface area contributed by atoms with E-state index in [1.165, 1.54) is 5.12 Å². The Kier molecular flexibility index (Phi) is 3.08. The number of hydrogen-bond donors (Lipinski definition) is 1. The van der Waals surface area contributed by atoms with Gasteiger partial charge in [0, 0.05) is 6.20 Å². The molecule has 3 rings (SSSR count). The SMILES string of the molecule is COc1ccc(C2=CN3CN(N)N=C3C=C2)cc1OC. The van der Waals surface area contributed by atoms with Gasteiger partial charge >= 0.3 is 0 Å². The van der Waals surface area contributed by atoms with E-state index in [1.54, 1.807) is 14.2 Å². The molecule has 6 nitrogen and oxygen atoms in total. The molecule has 0 radical (unpaired) electrons. The van der Waals surface area contributed by atoms with Crippen LogP contribution in [0.1, 0.15) is 5.56 Å². The average Bonchev–Trinajstić information content (AvgIpc) is 2.85. The molecule has 1 aromatic rings. The van der Waals surface area contributed by atoms with E-state index in [0.717, 1.165) is 17.0 Å². The van der Waals surface area contributed by atoms with Crippen molar-refractivity contribution < 1.29 is 9.47 Å². The van der Waals surface area contributed by atoms with E-state index < -0.39 is 0 Å². The largest absolute Gasteiger partial charge is 0.493 e. The summed E-state index contributed by atoms with van der Waals surface area (Å²) in [6.07, 6.45) is 5.97. The molecule has 2 heterocycles. The summed E-state index contributed by atoms with van der Waals surface area (Å²) >= 11 is 0. The lowest BCUT2D eigenvalue weighted by Crippen LogP contribution is -2.30. The molecule has 2 N–H and O–H groups in total. The Morgan fingerprint density at radius 3 is 2.70 bits per heavy atom. The summed E-state index contributed by atoms with van der Waals surface area (Å²) < 4.78 is 10.6. The van der Waals surface area contributed by atoms with Crippen LogP contribution < -0.4 is 15.3 Å². The second kappa shape index (κ2) is 4.90. The fourth-order valence-electron chi connectivity index (χ4n) is 2.25. The van der Waals surface area contributed by atoms with E-state index in [1.807, 2.05) is 41.5 Å². The standard InChI is InChI=1S/C14H16N4O2/c1-19-12-5-3-10(7-13(12)20-2)11-4-6-14-16-18(15)9-17(14)8-11/h3-8H,9,15H2,1-2H3. The summed E-state index contributed by atoms with van der Waals surface area (Å²) in [4.78, 5) is 1.99. The van der Waals surface area contributed by atoms with Gasteiger partial charge in [-0.2, -0.15) is 0 Å². The van der Waals surface area contributed by atoms with Gasteiger partial charge < -0.3 is 14.4 Å². The van der Waals surface area contributed by atoms with Gasteiger partial charge in [-0.15, -0.1) is 5.10 Å². The Morgan fingerprint density at radius 1 is 1.15 bits per heavy atom. The molecule has 0 saturated heterocycles. The van der Waals surface area contributed by atoms with Crippen LogP contribution in [-0.4, -0.2) is 36.7 Å². The van der Waals surface area contributed by atoms with E-state index in [9.17, 15) is 0 Å². The van der Waals surface area contributed by atoms with Gasteiger partial charge in [0.05, 0.1) is 14.2 Å². The molecule has 0 saturated carbocycles. The summed E-state index contributed by atoms with van der Waals surface area (Å²) in [6.45, 7) is 0.552. The first-order valence-corrected chi connectivity index (χ1v) is 6.21. The van der Waals surface area contributed by atoms with Gasteiger partial charge in [-0.3, -0.25) is 0 Å². The van der Waals surface area contributed by atoms with Crippen molar-refractivity contribution in [3.8, 4) is 11.5 Å². The van der Waals surface area contributed by atoms with Gasteiger partial charge in [-0.25, -0.2) is 11.0 Å². The van der Waals surface area contributed by atoms with Crippen molar-refractivity contribution in [2.75, 3.05) is 20.9 Å². The van der Waals surface area contributed by atoms with Gasteiger partial charge in [0.15, 0.2) is 17.3 Å². The molecule has 2 aliphatic heterocycles. The molecule has 0 unspecified atom stereocenters. The summed E-state index contributed by atoms with van der Waals surface area (Å²) in [7, 11) is 3.25. The van der Waals surface area contributed by atoms with Crippen LogP contribution in [0.15, 0.2) is 41.7 Å². The maximum Gasteiger partial charge on any atom is 0.161 e. The third kappa shape index (κ3) is 2.10. The molecular weight excluding hydrogens is 256 g/mol. The maximum atomic E-state index is 5.67. The highest BCUT2D eigenvalue weighted by molar-refractivity contribution is 6.00. The topological polar surface area (TPSA) is 63.3 Å². The highest BCUT2D eigenvalue weighted by Gasteiger charge is 2.21. The third-order valence-corrected chi connectivity index (χ3v) is 3.25. The van der Waals surface area contributed by atoms with Crippen LogP contribution in [0.25, 0.3) is 5.57 Å². The molecule has 0 aromatic heterocycles. The predicted octanol–water partition coefficient (Wildman–Crippen LogP) is 1.38. The van der Waals surface area contributed by atoms with Crippen LogP contribution in [0.5, 0.6) is 11.5 Å². The first kappa shape index (κ1) is 12.6. The van der Waals surface area contributed by atoms with Crippen LogP contribution in [0.4, 0.5) is 0 Å². The lowest BCUT2D eigenvalue weighted by atomic mass is 10.0. The molecule has 0 bridgehead atoms. The molecule has 20 heavy (non-hydrogen) atoms. The van der Waals surface area contributed by atoms with Crippen molar-refractivity contribution in [3.63, 3.8) is 0 Å². The smallest absolute Gasteiger partial charge is 0.161 e. The van der Waals surface area contributed by atoms with Crippen LogP contribution in [-0.2, 0) is 0 Å². The van der Waals surface area contributed by atoms with Crippen molar-refractivity contribution in [3.05, 3.63) is 42.1 Å². The minimum Gasteiger partial charge on any atom is -0.493 e. The number of rotatable bonds is 3. The van der Waals surface area contributed by atoms with Gasteiger partial charge in [-0.1, -0.05) is 6.07 Å². The molecule has 0 atom stereocenters. The number of fused-ring (bicyclic) bond motifs is 1. The zero-order valence-electron chi connectivity index (χ0n) is 11.4. The number of ether oxygens (including phenoxy) is 2. The van der Waals surface area contributed by atoms with Crippen molar-refractivity contribution >= 4 is 11.4 Å². The van der Waals surface area contributed by atoms with Crippen molar-refractivity contribution in [2.45, 2.75) is 0 Å². The van der Waals surface area contributed by atoms with Crippen molar-refractivity contribution in [1.29, 1.82) is 0 Å². The number of benzene rings is 1. The van der Waals surface area contributed by atoms with E-state index in [-0.39, 0.29) is 0 Å². The van der Waals surface area contributed by atoms with Crippen molar-refractivity contribution in [1.82, 2.24) is 10.0 Å². The van der Waals surface area contributed by atoms with E-state index in [0.29, 0.717) is 18.2 Å². The van der Waals surface area contributed by atoms with Crippen LogP contribution >= 0.6 is 0 Å². The van der Waals surface area contributed by atoms with Crippen LogP contribution in [0, 0.1) is 0 Å². The zero-order chi connectivity index (χ0) is 14.1. The maximum absolute atomic E-state index is 5.67. The molecule has 6 heteroatoms. The molecular formula is C14H16N4O2. The van der Waals surface area contributed by atoms with Crippen LogP contribution in [0.3, 0.4) is 0 Å². The Labute approximate surface area is 117 Å². The fourth-order valence-corrected chi connectivity index (χ4v) is 2.25. The van der Waals surface area contributed by atoms with Crippen molar-refractivity contribution in [2.24, 2.45) is 10.9 Å². The quantitative estimate of drug-likeness (QED) is 0.842. The summed E-state index contributed by atoms with van der Waals surface area (Å²) in [6, 6.07) is 5.84. The Balaban J connectivity index is 1.93. The predicted molar refractivity (Wildman–Crippen MR) is 76.8 cm³/mol. The molecule has 0 aliphatic carbocycles. The van der Waals surface area contributed by atoms with E-state index >= 15 is 0 Å². The third-order valence-electron chi connectivity index (χ3n) is 3.25. The first-order valence-electron chi connectivity index (χ1n) is 6.21. The normalized spacial score (nSPS) is 16.8. The average molecular weight is 272 g/mol. The van der Waals surface area contributed by atoms with Gasteiger partial charge in [0.2, 0.25) is 0 Å². The molecule has 2 aliphatic rings. The van der Waals surface area contributed by atoms with Gasteiger partial charge in [-0.05, 0) is 35.4 Å². The summed E-state index contributed by atoms with van der Waals surface area (Å²) in [5.41, 5.74) is 2.12. The number of hydrogen-bond acceptors (Lipinski definition) is 6. The highest BCUT2D eigenvalue weighted by atomic mass is 16.5. The van der Waals surface area contributed by atoms with Gasteiger partial charge in [0.1, 0.15) is 6.67 Å². The number of amidine groups is 1. The molecule has 0 spiro atoms. The molecule has 0 amide bonds. The monoisotopic (exact) mass is 272 g/mol. The Hall–Kier alpha value is -2.47. The number of methoxy groups -OCH3 is 2. The fraction of sp³-hybridized carbons (Fsp3) is 0.214. The molecule has 0 fully saturated rings. The first-order chi connectivity index (χ1) is 9.71. The summed E-state index contributed by atoms with van der Waals surface area (Å²) in [5.74, 6) is 7.94. The number of allylic oxidation sites excluding steroid dienone is 2. The minimum absolute atomic E-state index is 0.552. The second-order valence-electron chi connectivity index (χ2n) is 4.50. The molecule has 1 aromatic carbocycles. The Morgan fingerprint density at radius 2 is 1.95 bits per heavy atom. The lowest BCUT2D eigenvalue weighted by molar-refractivity contribution is 0.271. The number of nitrogens with two attached hydrogens (primary N) is 1. The van der Waals surface area contributed by atoms with Gasteiger partial charge in [0.25, 0.3) is 0 Å². The molecule has 104 valence electrons. The lowest BCUT2D eigenvalue weighted by Gasteiger charge is -2.19. The Bertz CT molecular complexity index is 622. The number of nitrogens with zero attached hydrogens (tertiary/aromatic N) is 3. The summed E-state index contributed by atoms with van der Waals surface area (Å²) in [5, 5.41) is 5.59. The van der Waals surface area contributed by atoms with Crippen LogP contribution in [0.2, 0.25) is 0 Å². The highest BCUT2D eigenvalue weighted by Crippen LogP contribution is 2.32. The second-order valence-corrected chi connectivity index (χ2v) is 4.50. The van der Waals surface area contributed by atoms with E-state index in [2.05, 4.69) is 5.10 Å². The minimum atomic E-state index is 0.552. The number of hydrazone groups is 1. The number of hydrazine groups is 1.